The average molecular weight is 454 g/mol. The van der Waals surface area contributed by atoms with Gasteiger partial charge in [0, 0.05) is 32.1 Å². The Bertz CT molecular complexity index is 1040. The molecule has 2 saturated heterocycles. The molecule has 2 heterocycles. The van der Waals surface area contributed by atoms with Gasteiger partial charge in [0.2, 0.25) is 11.8 Å². The van der Waals surface area contributed by atoms with E-state index >= 15 is 0 Å². The molecule has 2 aromatic carbocycles. The molecule has 1 atom stereocenters. The summed E-state index contributed by atoms with van der Waals surface area (Å²) >= 11 is 0. The van der Waals surface area contributed by atoms with E-state index in [4.69, 9.17) is 4.74 Å². The molecule has 7 nitrogen and oxygen atoms in total. The number of carbonyl (C=O) groups excluding carboxylic acids is 3. The first kappa shape index (κ1) is 22.8. The van der Waals surface area contributed by atoms with Gasteiger partial charge in [-0.1, -0.05) is 24.3 Å². The van der Waals surface area contributed by atoms with Crippen LogP contribution in [0, 0.1) is 11.7 Å². The van der Waals surface area contributed by atoms with Gasteiger partial charge in [-0.2, -0.15) is 0 Å². The van der Waals surface area contributed by atoms with Crippen LogP contribution in [0.1, 0.15) is 36.5 Å². The van der Waals surface area contributed by atoms with Crippen molar-refractivity contribution in [3.8, 4) is 5.75 Å². The zero-order valence-electron chi connectivity index (χ0n) is 18.6. The van der Waals surface area contributed by atoms with E-state index in [2.05, 4.69) is 5.32 Å². The first-order chi connectivity index (χ1) is 16.0. The molecule has 33 heavy (non-hydrogen) atoms. The molecule has 3 amide bonds. The summed E-state index contributed by atoms with van der Waals surface area (Å²) < 4.78 is 19.6. The molecule has 0 aromatic heterocycles. The van der Waals surface area contributed by atoms with Crippen molar-refractivity contribution in [1.82, 2.24) is 10.2 Å². The predicted molar refractivity (Wildman–Crippen MR) is 122 cm³/mol. The molecule has 2 aliphatic rings. The molecule has 0 radical (unpaired) electrons. The second-order valence-corrected chi connectivity index (χ2v) is 8.36. The van der Waals surface area contributed by atoms with Crippen molar-refractivity contribution in [3.63, 3.8) is 0 Å². The van der Waals surface area contributed by atoms with Gasteiger partial charge in [-0.05, 0) is 44.0 Å². The van der Waals surface area contributed by atoms with Gasteiger partial charge in [0.15, 0.2) is 0 Å². The number of amides is 3. The van der Waals surface area contributed by atoms with Gasteiger partial charge in [0.25, 0.3) is 5.91 Å². The molecule has 1 N–H and O–H groups in total. The van der Waals surface area contributed by atoms with Crippen molar-refractivity contribution in [2.45, 2.75) is 32.2 Å². The molecule has 0 saturated carbocycles. The van der Waals surface area contributed by atoms with Crippen LogP contribution in [0.4, 0.5) is 10.1 Å². The van der Waals surface area contributed by atoms with Crippen LogP contribution < -0.4 is 15.0 Å². The third-order valence-corrected chi connectivity index (χ3v) is 6.18. The molecule has 0 spiro atoms. The van der Waals surface area contributed by atoms with E-state index in [1.54, 1.807) is 21.9 Å². The number of halogens is 1. The molecule has 0 bridgehead atoms. The Kier molecular flexibility index (Phi) is 6.91. The third kappa shape index (κ3) is 4.99. The number of nitrogens with zero attached hydrogens (tertiary/aromatic N) is 2. The zero-order valence-corrected chi connectivity index (χ0v) is 18.6. The number of likely N-dealkylation sites (tertiary alicyclic amines) is 1. The number of hydrogen-bond acceptors (Lipinski definition) is 4. The normalized spacial score (nSPS) is 19.0. The van der Waals surface area contributed by atoms with E-state index in [9.17, 15) is 18.8 Å². The summed E-state index contributed by atoms with van der Waals surface area (Å²) in [5.74, 6) is -0.931. The maximum atomic E-state index is 13.9. The van der Waals surface area contributed by atoms with Crippen molar-refractivity contribution in [3.05, 3.63) is 59.9 Å². The van der Waals surface area contributed by atoms with Crippen LogP contribution in [0.2, 0.25) is 0 Å². The van der Waals surface area contributed by atoms with Gasteiger partial charge >= 0.3 is 0 Å². The summed E-state index contributed by atoms with van der Waals surface area (Å²) in [5, 5.41) is 3.04. The fourth-order valence-electron chi connectivity index (χ4n) is 4.42. The van der Waals surface area contributed by atoms with Crippen LogP contribution in [0.15, 0.2) is 48.5 Å². The van der Waals surface area contributed by atoms with Crippen molar-refractivity contribution in [1.29, 1.82) is 0 Å². The van der Waals surface area contributed by atoms with Gasteiger partial charge in [-0.25, -0.2) is 4.39 Å². The molecule has 1 unspecified atom stereocenters. The highest BCUT2D eigenvalue weighted by molar-refractivity contribution is 6.01. The number of hydrogen-bond donors (Lipinski definition) is 1. The second-order valence-electron chi connectivity index (χ2n) is 8.36. The van der Waals surface area contributed by atoms with E-state index in [0.717, 1.165) is 0 Å². The van der Waals surface area contributed by atoms with Crippen LogP contribution in [0.25, 0.3) is 0 Å². The van der Waals surface area contributed by atoms with Crippen LogP contribution in [-0.2, 0) is 9.59 Å². The molecule has 2 aromatic rings. The van der Waals surface area contributed by atoms with Gasteiger partial charge < -0.3 is 19.9 Å². The highest BCUT2D eigenvalue weighted by Gasteiger charge is 2.37. The number of carbonyl (C=O) groups is 3. The fourth-order valence-corrected chi connectivity index (χ4v) is 4.42. The molecular weight excluding hydrogens is 425 g/mol. The van der Waals surface area contributed by atoms with E-state index < -0.39 is 11.7 Å². The van der Waals surface area contributed by atoms with Crippen molar-refractivity contribution in [2.75, 3.05) is 31.1 Å². The minimum atomic E-state index is -0.528. The highest BCUT2D eigenvalue weighted by Crippen LogP contribution is 2.33. The Morgan fingerprint density at radius 3 is 2.52 bits per heavy atom. The largest absolute Gasteiger partial charge is 0.492 e. The number of benzene rings is 2. The van der Waals surface area contributed by atoms with Crippen LogP contribution in [0.3, 0.4) is 0 Å². The minimum Gasteiger partial charge on any atom is -0.492 e. The van der Waals surface area contributed by atoms with Crippen molar-refractivity contribution >= 4 is 23.4 Å². The summed E-state index contributed by atoms with van der Waals surface area (Å²) in [7, 11) is 0. The van der Waals surface area contributed by atoms with Crippen LogP contribution in [-0.4, -0.2) is 54.9 Å². The topological polar surface area (TPSA) is 79.0 Å². The highest BCUT2D eigenvalue weighted by atomic mass is 19.1. The summed E-state index contributed by atoms with van der Waals surface area (Å²) in [6.45, 7) is 3.56. The lowest BCUT2D eigenvalue weighted by molar-refractivity contribution is -0.127. The number of anilines is 1. The molecular formula is C25H28FN3O4. The molecule has 0 aliphatic carbocycles. The Balaban J connectivity index is 1.31. The number of nitrogens with one attached hydrogen (secondary N) is 1. The van der Waals surface area contributed by atoms with E-state index in [1.807, 2.05) is 31.2 Å². The quantitative estimate of drug-likeness (QED) is 0.729. The van der Waals surface area contributed by atoms with Gasteiger partial charge in [0.05, 0.1) is 23.8 Å². The smallest absolute Gasteiger partial charge is 0.256 e. The van der Waals surface area contributed by atoms with Crippen LogP contribution in [0.5, 0.6) is 5.75 Å². The number of piperidine rings is 1. The van der Waals surface area contributed by atoms with Gasteiger partial charge in [-0.3, -0.25) is 14.4 Å². The summed E-state index contributed by atoms with van der Waals surface area (Å²) in [4.78, 5) is 41.3. The fraction of sp³-hybridized carbons (Fsp3) is 0.400. The first-order valence-corrected chi connectivity index (χ1v) is 11.3. The molecule has 2 aliphatic heterocycles. The lowest BCUT2D eigenvalue weighted by atomic mass is 10.0. The number of ether oxygens (including phenoxy) is 1. The van der Waals surface area contributed by atoms with Gasteiger partial charge in [-0.15, -0.1) is 0 Å². The first-order valence-electron chi connectivity index (χ1n) is 11.3. The Labute approximate surface area is 192 Å². The maximum Gasteiger partial charge on any atom is 0.256 e. The molecule has 2 fully saturated rings. The molecule has 4 rings (SSSR count). The molecule has 8 heteroatoms. The summed E-state index contributed by atoms with van der Waals surface area (Å²) in [5.41, 5.74) is 0.747. The lowest BCUT2D eigenvalue weighted by Gasteiger charge is -2.33. The van der Waals surface area contributed by atoms with Crippen molar-refractivity contribution < 1.29 is 23.5 Å². The number of rotatable bonds is 6. The van der Waals surface area contributed by atoms with E-state index in [0.29, 0.717) is 50.5 Å². The predicted octanol–water partition coefficient (Wildman–Crippen LogP) is 3.00. The summed E-state index contributed by atoms with van der Waals surface area (Å²) in [6, 6.07) is 13.2. The second kappa shape index (κ2) is 10.0. The summed E-state index contributed by atoms with van der Waals surface area (Å²) in [6.07, 6.45) is 1.32. The lowest BCUT2D eigenvalue weighted by Crippen LogP contribution is -2.48. The SMILES string of the molecule is CCOc1ccccc1N1CC(C(=O)NC2CCN(C(=O)c3ccccc3F)CC2)CC1=O. The monoisotopic (exact) mass is 453 g/mol. The van der Waals surface area contributed by atoms with Gasteiger partial charge in [0.1, 0.15) is 11.6 Å². The van der Waals surface area contributed by atoms with E-state index in [1.165, 1.54) is 12.1 Å². The van der Waals surface area contributed by atoms with E-state index in [-0.39, 0.29) is 35.7 Å². The Morgan fingerprint density at radius 2 is 1.79 bits per heavy atom. The zero-order chi connectivity index (χ0) is 23.4. The minimum absolute atomic E-state index is 0.0666. The van der Waals surface area contributed by atoms with Crippen LogP contribution >= 0.6 is 0 Å². The standard InChI is InChI=1S/C25H28FN3O4/c1-2-33-22-10-6-5-9-21(22)29-16-17(15-23(29)30)24(31)27-18-11-13-28(14-12-18)25(32)19-7-3-4-8-20(19)26/h3-10,17-18H,2,11-16H2,1H3,(H,27,31). The third-order valence-electron chi connectivity index (χ3n) is 6.18. The average Bonchev–Trinajstić information content (AvgIpc) is 3.21. The number of para-hydroxylation sites is 2. The Hall–Kier alpha value is -3.42. The maximum absolute atomic E-state index is 13.9. The van der Waals surface area contributed by atoms with Crippen molar-refractivity contribution in [2.24, 2.45) is 5.92 Å². The Morgan fingerprint density at radius 1 is 1.09 bits per heavy atom. The molecule has 174 valence electrons.